The van der Waals surface area contributed by atoms with Crippen molar-refractivity contribution >= 4 is 17.6 Å². The zero-order valence-electron chi connectivity index (χ0n) is 15.8. The van der Waals surface area contributed by atoms with Gasteiger partial charge in [-0.3, -0.25) is 9.69 Å². The third-order valence-corrected chi connectivity index (χ3v) is 5.88. The van der Waals surface area contributed by atoms with Gasteiger partial charge in [0.25, 0.3) is 0 Å². The van der Waals surface area contributed by atoms with Crippen LogP contribution >= 0.6 is 0 Å². The van der Waals surface area contributed by atoms with Crippen LogP contribution in [0.1, 0.15) is 12.8 Å². The lowest BCUT2D eigenvalue weighted by atomic mass is 9.90. The number of ether oxygens (including phenoxy) is 2. The maximum absolute atomic E-state index is 13.0. The maximum atomic E-state index is 13.0. The van der Waals surface area contributed by atoms with Gasteiger partial charge in [0.15, 0.2) is 6.29 Å². The van der Waals surface area contributed by atoms with Crippen molar-refractivity contribution in [2.75, 3.05) is 25.0 Å². The van der Waals surface area contributed by atoms with E-state index in [0.717, 1.165) is 0 Å². The van der Waals surface area contributed by atoms with E-state index in [4.69, 9.17) is 15.2 Å². The van der Waals surface area contributed by atoms with Crippen molar-refractivity contribution in [1.82, 2.24) is 10.2 Å². The summed E-state index contributed by atoms with van der Waals surface area (Å²) in [5, 5.41) is 16.4. The van der Waals surface area contributed by atoms with Crippen molar-refractivity contribution < 1.29 is 28.6 Å². The van der Waals surface area contributed by atoms with Crippen LogP contribution in [0.4, 0.5) is 14.9 Å². The van der Waals surface area contributed by atoms with Crippen molar-refractivity contribution in [2.45, 2.75) is 43.4 Å². The van der Waals surface area contributed by atoms with E-state index >= 15 is 0 Å². The van der Waals surface area contributed by atoms with Crippen molar-refractivity contribution in [3.8, 4) is 0 Å². The van der Waals surface area contributed by atoms with Crippen molar-refractivity contribution in [3.05, 3.63) is 30.1 Å². The van der Waals surface area contributed by atoms with Crippen LogP contribution in [0.25, 0.3) is 0 Å². The zero-order valence-corrected chi connectivity index (χ0v) is 15.8. The number of carbonyl (C=O) groups is 2. The molecule has 3 heterocycles. The molecule has 3 amide bonds. The van der Waals surface area contributed by atoms with Crippen LogP contribution in [0.15, 0.2) is 24.3 Å². The number of rotatable bonds is 4. The predicted octanol–water partition coefficient (Wildman–Crippen LogP) is -0.00230. The van der Waals surface area contributed by atoms with Gasteiger partial charge in [-0.1, -0.05) is 0 Å². The first-order chi connectivity index (χ1) is 13.9. The minimum Gasteiger partial charge on any atom is -0.389 e. The molecule has 1 aromatic carbocycles. The SMILES string of the molecule is NC(=O)C1CCN([C@H]2[C@@H]3OC[C@H](O3)[C@H](NC(=O)Nc3ccc(F)cc3)[C@@H]2O)CC1. The van der Waals surface area contributed by atoms with Crippen LogP contribution in [0.2, 0.25) is 0 Å². The number of likely N-dealkylation sites (tertiary alicyclic amines) is 1. The summed E-state index contributed by atoms with van der Waals surface area (Å²) >= 11 is 0. The molecule has 0 radical (unpaired) electrons. The van der Waals surface area contributed by atoms with Gasteiger partial charge in [0.05, 0.1) is 24.8 Å². The summed E-state index contributed by atoms with van der Waals surface area (Å²) in [6.45, 7) is 1.42. The van der Waals surface area contributed by atoms with E-state index in [0.29, 0.717) is 31.6 Å². The maximum Gasteiger partial charge on any atom is 0.319 e. The molecule has 1 aromatic rings. The van der Waals surface area contributed by atoms with E-state index in [-0.39, 0.29) is 18.4 Å². The molecule has 3 aliphatic rings. The van der Waals surface area contributed by atoms with Gasteiger partial charge in [-0.05, 0) is 50.2 Å². The molecule has 0 spiro atoms. The van der Waals surface area contributed by atoms with Gasteiger partial charge in [-0.2, -0.15) is 0 Å². The van der Waals surface area contributed by atoms with Crippen LogP contribution in [0.3, 0.4) is 0 Å². The summed E-state index contributed by atoms with van der Waals surface area (Å²) in [4.78, 5) is 25.8. The molecule has 29 heavy (non-hydrogen) atoms. The summed E-state index contributed by atoms with van der Waals surface area (Å²) < 4.78 is 24.6. The molecule has 9 nitrogen and oxygen atoms in total. The largest absolute Gasteiger partial charge is 0.389 e. The Labute approximate surface area is 167 Å². The average molecular weight is 408 g/mol. The third kappa shape index (κ3) is 4.20. The van der Waals surface area contributed by atoms with E-state index in [1.54, 1.807) is 0 Å². The highest BCUT2D eigenvalue weighted by Crippen LogP contribution is 2.33. The normalized spacial score (nSPS) is 32.7. The van der Waals surface area contributed by atoms with Crippen LogP contribution in [-0.2, 0) is 14.3 Å². The van der Waals surface area contributed by atoms with E-state index in [1.807, 2.05) is 4.90 Å². The Morgan fingerprint density at radius 2 is 1.90 bits per heavy atom. The molecule has 0 aliphatic carbocycles. The lowest BCUT2D eigenvalue weighted by molar-refractivity contribution is -0.184. The summed E-state index contributed by atoms with van der Waals surface area (Å²) in [6.07, 6.45) is -0.743. The summed E-state index contributed by atoms with van der Waals surface area (Å²) in [5.74, 6) is -0.871. The van der Waals surface area contributed by atoms with Crippen LogP contribution in [0, 0.1) is 11.7 Å². The first-order valence-corrected chi connectivity index (χ1v) is 9.74. The third-order valence-electron chi connectivity index (χ3n) is 5.88. The van der Waals surface area contributed by atoms with Crippen molar-refractivity contribution in [3.63, 3.8) is 0 Å². The fourth-order valence-electron chi connectivity index (χ4n) is 4.30. The number of amides is 3. The fraction of sp³-hybridized carbons (Fsp3) is 0.579. The molecule has 3 aliphatic heterocycles. The monoisotopic (exact) mass is 408 g/mol. The fourth-order valence-corrected chi connectivity index (χ4v) is 4.30. The number of benzene rings is 1. The molecule has 4 rings (SSSR count). The highest BCUT2D eigenvalue weighted by Gasteiger charge is 2.53. The number of primary amides is 1. The number of halogens is 1. The Bertz CT molecular complexity index is 755. The molecule has 0 unspecified atom stereocenters. The molecule has 2 bridgehead atoms. The molecular weight excluding hydrogens is 383 g/mol. The lowest BCUT2D eigenvalue weighted by Crippen LogP contribution is -2.66. The summed E-state index contributed by atoms with van der Waals surface area (Å²) in [5.41, 5.74) is 5.83. The number of anilines is 1. The number of piperidine rings is 1. The Hall–Kier alpha value is -2.27. The number of nitrogens with zero attached hydrogens (tertiary/aromatic N) is 1. The number of urea groups is 1. The number of aliphatic hydroxyl groups is 1. The van der Waals surface area contributed by atoms with E-state index in [1.165, 1.54) is 24.3 Å². The highest BCUT2D eigenvalue weighted by atomic mass is 19.1. The quantitative estimate of drug-likeness (QED) is 0.556. The first-order valence-electron chi connectivity index (χ1n) is 9.74. The molecule has 0 saturated carbocycles. The number of hydrogen-bond acceptors (Lipinski definition) is 6. The topological polar surface area (TPSA) is 126 Å². The standard InChI is InChI=1S/C19H25FN4O5/c20-11-1-3-12(4-2-11)22-19(27)23-14-13-9-28-18(29-13)15(16(14)25)24-7-5-10(6-8-24)17(21)26/h1-4,10,13-16,18,25H,5-9H2,(H2,21,26)(H2,22,23,27)/t13-,14-,15+,16-,18+/m0/s1. The van der Waals surface area contributed by atoms with Gasteiger partial charge in [-0.25, -0.2) is 9.18 Å². The van der Waals surface area contributed by atoms with Crippen molar-refractivity contribution in [1.29, 1.82) is 0 Å². The molecule has 10 heteroatoms. The number of nitrogens with one attached hydrogen (secondary N) is 2. The zero-order chi connectivity index (χ0) is 20.5. The second kappa shape index (κ2) is 8.23. The number of fused-ring (bicyclic) bond motifs is 2. The van der Waals surface area contributed by atoms with Crippen molar-refractivity contribution in [2.24, 2.45) is 11.7 Å². The van der Waals surface area contributed by atoms with Gasteiger partial charge in [0.2, 0.25) is 5.91 Å². The second-order valence-corrected chi connectivity index (χ2v) is 7.70. The van der Waals surface area contributed by atoms with Crippen LogP contribution < -0.4 is 16.4 Å². The lowest BCUT2D eigenvalue weighted by Gasteiger charge is -2.45. The molecule has 3 fully saturated rings. The Morgan fingerprint density at radius 1 is 1.21 bits per heavy atom. The van der Waals surface area contributed by atoms with E-state index < -0.39 is 42.4 Å². The molecule has 3 saturated heterocycles. The number of nitrogens with two attached hydrogens (primary N) is 1. The molecule has 0 aromatic heterocycles. The molecule has 158 valence electrons. The summed E-state index contributed by atoms with van der Waals surface area (Å²) in [6, 6.07) is 3.73. The average Bonchev–Trinajstić information content (AvgIpc) is 3.13. The number of hydrogen-bond donors (Lipinski definition) is 4. The van der Waals surface area contributed by atoms with E-state index in [2.05, 4.69) is 10.6 Å². The van der Waals surface area contributed by atoms with Crippen LogP contribution in [-0.4, -0.2) is 72.2 Å². The Morgan fingerprint density at radius 3 is 2.55 bits per heavy atom. The van der Waals surface area contributed by atoms with Gasteiger partial charge >= 0.3 is 6.03 Å². The number of aliphatic hydroxyl groups excluding tert-OH is 1. The van der Waals surface area contributed by atoms with Crippen LogP contribution in [0.5, 0.6) is 0 Å². The van der Waals surface area contributed by atoms with Gasteiger partial charge < -0.3 is 30.9 Å². The van der Waals surface area contributed by atoms with E-state index in [9.17, 15) is 19.1 Å². The van der Waals surface area contributed by atoms with Gasteiger partial charge in [0, 0.05) is 11.6 Å². The molecule has 5 N–H and O–H groups in total. The first kappa shape index (κ1) is 20.0. The van der Waals surface area contributed by atoms with Gasteiger partial charge in [0.1, 0.15) is 11.9 Å². The number of carbonyl (C=O) groups excluding carboxylic acids is 2. The molecular formula is C19H25FN4O5. The summed E-state index contributed by atoms with van der Waals surface area (Å²) in [7, 11) is 0. The smallest absolute Gasteiger partial charge is 0.319 e. The minimum absolute atomic E-state index is 0.166. The highest BCUT2D eigenvalue weighted by molar-refractivity contribution is 5.89. The van der Waals surface area contributed by atoms with Gasteiger partial charge in [-0.15, -0.1) is 0 Å². The Kier molecular flexibility index (Phi) is 5.68. The minimum atomic E-state index is -0.912. The molecule has 5 atom stereocenters. The predicted molar refractivity (Wildman–Crippen MR) is 100 cm³/mol. The Balaban J connectivity index is 1.40. The second-order valence-electron chi connectivity index (χ2n) is 7.70.